The molecule has 14 rings (SSSR count). The molecule has 2 aliphatic carbocycles. The fraction of sp³-hybridized carbons (Fsp3) is 0.375. The highest BCUT2D eigenvalue weighted by molar-refractivity contribution is 6.92. The Labute approximate surface area is 485 Å². The molecule has 8 heterocycles. The number of hydrogen-bond acceptors (Lipinski definition) is 12. The third-order valence-electron chi connectivity index (χ3n) is 17.3. The van der Waals surface area contributed by atoms with Crippen LogP contribution in [-0.4, -0.2) is 141 Å². The van der Waals surface area contributed by atoms with Crippen molar-refractivity contribution in [2.24, 2.45) is 0 Å². The third-order valence-corrected chi connectivity index (χ3v) is 17.3. The number of nitrogens with one attached hydrogen (secondary N) is 2. The Bertz CT molecular complexity index is 3700. The number of amides is 2. The first-order valence-corrected chi connectivity index (χ1v) is 28.6. The molecule has 4 aromatic carbocycles. The molecule has 8 aromatic rings. The Morgan fingerprint density at radius 1 is 0.573 bits per heavy atom. The van der Waals surface area contributed by atoms with E-state index in [0.29, 0.717) is 73.2 Å². The molecule has 0 spiro atoms. The van der Waals surface area contributed by atoms with Crippen molar-refractivity contribution in [3.8, 4) is 34.0 Å². The summed E-state index contributed by atoms with van der Waals surface area (Å²) in [6.07, 6.45) is 13.3. The SMILES string of the molecule is Cc1c(-c2ncnc3[nH]c(C4=CCN(CCO)CC4)cc23)cccc1N1CCOc2cc(C3CC3)ccc2C1=O.Cc1c(-c2ncnc3[nH]c(C4CCN(CCO)CC4)cc23)cccc1N1CCOc2cc(C3CC3)ccc2C1=O.[P-3].[PH2-]. The molecule has 4 aromatic heterocycles. The van der Waals surface area contributed by atoms with E-state index in [9.17, 15) is 19.8 Å². The normalized spacial score (nSPS) is 17.8. The lowest BCUT2D eigenvalue weighted by Gasteiger charge is -3.00. The minimum Gasteiger partial charge on any atom is -3.00 e. The summed E-state index contributed by atoms with van der Waals surface area (Å²) in [5.41, 5.74) is 16.3. The van der Waals surface area contributed by atoms with Gasteiger partial charge in [-0.15, -0.1) is 0 Å². The molecule has 4 aliphatic heterocycles. The van der Waals surface area contributed by atoms with Crippen molar-refractivity contribution in [2.75, 3.05) is 88.6 Å². The van der Waals surface area contributed by atoms with Gasteiger partial charge in [0.05, 0.1) is 48.8 Å². The average molecular weight is 1140 g/mol. The van der Waals surface area contributed by atoms with Crippen LogP contribution in [0, 0.1) is 13.8 Å². The molecule has 3 fully saturated rings. The van der Waals surface area contributed by atoms with Crippen LogP contribution in [0.15, 0.2) is 104 Å². The number of anilines is 2. The number of fused-ring (bicyclic) bond motifs is 4. The number of aromatic amines is 2. The van der Waals surface area contributed by atoms with Gasteiger partial charge in [-0.3, -0.25) is 14.5 Å². The number of nitrogens with zero attached hydrogens (tertiary/aromatic N) is 8. The first-order chi connectivity index (χ1) is 39.2. The number of piperidine rings is 1. The number of carbonyl (C=O) groups is 2. The van der Waals surface area contributed by atoms with Gasteiger partial charge >= 0.3 is 0 Å². The van der Waals surface area contributed by atoms with Crippen molar-refractivity contribution in [3.63, 3.8) is 0 Å². The fourth-order valence-corrected chi connectivity index (χ4v) is 12.4. The molecule has 0 unspecified atom stereocenters. The predicted octanol–water partition coefficient (Wildman–Crippen LogP) is 11.1. The van der Waals surface area contributed by atoms with E-state index in [-0.39, 0.29) is 44.8 Å². The molecule has 18 heteroatoms. The van der Waals surface area contributed by atoms with Crippen molar-refractivity contribution in [1.82, 2.24) is 39.7 Å². The van der Waals surface area contributed by atoms with E-state index in [4.69, 9.17) is 19.4 Å². The molecule has 16 nitrogen and oxygen atoms in total. The second kappa shape index (κ2) is 24.5. The average Bonchev–Trinajstić information content (AvgIpc) is 4.49. The summed E-state index contributed by atoms with van der Waals surface area (Å²) in [5, 5.41) is 20.5. The highest BCUT2D eigenvalue weighted by atomic mass is 31.0. The lowest BCUT2D eigenvalue weighted by Crippen LogP contribution is -2.35. The van der Waals surface area contributed by atoms with Crippen molar-refractivity contribution in [3.05, 3.63) is 148 Å². The van der Waals surface area contributed by atoms with E-state index < -0.39 is 0 Å². The Kier molecular flexibility index (Phi) is 17.0. The fourth-order valence-electron chi connectivity index (χ4n) is 12.4. The third kappa shape index (κ3) is 11.3. The lowest BCUT2D eigenvalue weighted by atomic mass is 9.93. The zero-order chi connectivity index (χ0) is 54.4. The monoisotopic (exact) mass is 1140 g/mol. The van der Waals surface area contributed by atoms with E-state index in [1.807, 2.05) is 46.2 Å². The standard InChI is InChI=1S/C32H35N5O3.C32H33N5O3.H2P.P/c2*1-20-24(30-26-18-27(35-31(26)34-19-33-30)22-9-11-36(12-10-22)13-15-38)3-2-4-28(20)37-14-16-40-29-17-23(21-5-6-21)7-8-25(29)32(37)39;;/h2-4,7-8,17-19,21-22,38H,5-6,9-16H2,1H3,(H,33,34,35);2-4,7-9,17-19,21,38H,5-6,10-16H2,1H3,(H,33,34,35);1H2;/q;;-1;-3. The van der Waals surface area contributed by atoms with Crippen LogP contribution in [0.1, 0.15) is 117 Å². The second-order valence-electron chi connectivity index (χ2n) is 22.3. The van der Waals surface area contributed by atoms with Gasteiger partial charge in [0, 0.05) is 76.8 Å². The van der Waals surface area contributed by atoms with Crippen molar-refractivity contribution in [2.45, 2.75) is 76.5 Å². The summed E-state index contributed by atoms with van der Waals surface area (Å²) in [4.78, 5) is 61.4. The van der Waals surface area contributed by atoms with Crippen LogP contribution in [0.2, 0.25) is 0 Å². The van der Waals surface area contributed by atoms with E-state index in [1.54, 1.807) is 12.7 Å². The quantitative estimate of drug-likeness (QED) is 0.0849. The van der Waals surface area contributed by atoms with Crippen LogP contribution in [0.5, 0.6) is 11.5 Å². The van der Waals surface area contributed by atoms with Gasteiger partial charge in [-0.25, -0.2) is 19.9 Å². The number of rotatable bonds is 12. The number of aliphatic hydroxyl groups is 2. The Morgan fingerprint density at radius 3 is 1.61 bits per heavy atom. The van der Waals surface area contributed by atoms with E-state index in [2.05, 4.69) is 98.2 Å². The molecule has 0 radical (unpaired) electrons. The molecule has 0 bridgehead atoms. The highest BCUT2D eigenvalue weighted by Crippen LogP contribution is 2.45. The van der Waals surface area contributed by atoms with E-state index >= 15 is 0 Å². The number of aromatic nitrogens is 6. The minimum atomic E-state index is -0.0358. The number of benzene rings is 4. The zero-order valence-electron chi connectivity index (χ0n) is 46.6. The summed E-state index contributed by atoms with van der Waals surface area (Å²) in [6, 6.07) is 28.7. The molecule has 4 N–H and O–H groups in total. The van der Waals surface area contributed by atoms with Crippen LogP contribution in [-0.2, 0) is 0 Å². The molecular weight excluding hydrogens is 1070 g/mol. The number of β-amino-alcohol motifs (C(OH)–C–C–N with tert-alkyl or cyclic N) is 2. The smallest absolute Gasteiger partial charge is 0.262 e. The maximum Gasteiger partial charge on any atom is 0.262 e. The molecule has 1 saturated heterocycles. The number of hydrogen-bond donors (Lipinski definition) is 4. The van der Waals surface area contributed by atoms with Crippen molar-refractivity contribution in [1.29, 1.82) is 0 Å². The number of carbonyl (C=O) groups excluding carboxylic acids is 2. The summed E-state index contributed by atoms with van der Waals surface area (Å²) in [7, 11) is 0. The summed E-state index contributed by atoms with van der Waals surface area (Å²) >= 11 is 0. The maximum atomic E-state index is 13.8. The van der Waals surface area contributed by atoms with Crippen LogP contribution in [0.4, 0.5) is 11.4 Å². The van der Waals surface area contributed by atoms with Gasteiger partial charge in [0.25, 0.3) is 11.8 Å². The van der Waals surface area contributed by atoms with Gasteiger partial charge in [-0.05, 0) is 160 Å². The van der Waals surface area contributed by atoms with Crippen LogP contribution in [0.3, 0.4) is 0 Å². The van der Waals surface area contributed by atoms with Crippen LogP contribution >= 0.6 is 19.8 Å². The lowest BCUT2D eigenvalue weighted by molar-refractivity contribution is 0.0982. The van der Waals surface area contributed by atoms with Crippen LogP contribution in [0.25, 0.3) is 50.2 Å². The molecule has 426 valence electrons. The Morgan fingerprint density at radius 2 is 1.10 bits per heavy atom. The zero-order valence-corrected chi connectivity index (χ0v) is 48.7. The van der Waals surface area contributed by atoms with Crippen LogP contribution < -0.4 is 19.3 Å². The number of ether oxygens (including phenoxy) is 2. The highest BCUT2D eigenvalue weighted by Gasteiger charge is 2.33. The second-order valence-corrected chi connectivity index (χ2v) is 22.3. The molecule has 0 atom stereocenters. The van der Waals surface area contributed by atoms with Gasteiger partial charge in [-0.1, -0.05) is 42.5 Å². The summed E-state index contributed by atoms with van der Waals surface area (Å²) in [6.45, 7) is 11.5. The summed E-state index contributed by atoms with van der Waals surface area (Å²) < 4.78 is 12.2. The first-order valence-electron chi connectivity index (χ1n) is 28.6. The minimum absolute atomic E-state index is 0. The molecule has 6 aliphatic rings. The predicted molar refractivity (Wildman–Crippen MR) is 328 cm³/mol. The molecule has 2 amide bonds. The van der Waals surface area contributed by atoms with Crippen molar-refractivity contribution >= 4 is 70.6 Å². The van der Waals surface area contributed by atoms with Gasteiger partial charge in [0.15, 0.2) is 0 Å². The van der Waals surface area contributed by atoms with Crippen molar-refractivity contribution < 1.29 is 29.3 Å². The van der Waals surface area contributed by atoms with Gasteiger partial charge in [0.2, 0.25) is 0 Å². The summed E-state index contributed by atoms with van der Waals surface area (Å²) in [5.74, 6) is 2.98. The van der Waals surface area contributed by atoms with E-state index in [1.165, 1.54) is 48.1 Å². The number of aliphatic hydroxyl groups excluding tert-OH is 2. The molecule has 82 heavy (non-hydrogen) atoms. The Hall–Kier alpha value is -6.90. The molecular formula is C64H70N10O6P2-4. The van der Waals surface area contributed by atoms with Gasteiger partial charge in [-0.2, -0.15) is 0 Å². The largest absolute Gasteiger partial charge is 3.00 e. The first kappa shape index (κ1) is 56.9. The number of likely N-dealkylation sites (tertiary alicyclic amines) is 1. The topological polar surface area (TPSA) is 189 Å². The number of H-pyrrole nitrogens is 2. The van der Waals surface area contributed by atoms with E-state index in [0.717, 1.165) is 125 Å². The molecule has 2 saturated carbocycles. The van der Waals surface area contributed by atoms with Gasteiger partial charge in [0.1, 0.15) is 48.7 Å². The maximum absolute atomic E-state index is 13.8. The van der Waals surface area contributed by atoms with Gasteiger partial charge < -0.3 is 64.2 Å². The Balaban J connectivity index is 0.000000168.